The van der Waals surface area contributed by atoms with Gasteiger partial charge in [-0.3, -0.25) is 4.79 Å². The van der Waals surface area contributed by atoms with Crippen LogP contribution in [0.15, 0.2) is 52.5 Å². The highest BCUT2D eigenvalue weighted by molar-refractivity contribution is 8.00. The van der Waals surface area contributed by atoms with Gasteiger partial charge in [0, 0.05) is 22.9 Å². The Morgan fingerprint density at radius 2 is 2.12 bits per heavy atom. The summed E-state index contributed by atoms with van der Waals surface area (Å²) in [4.78, 5) is 32.0. The maximum absolute atomic E-state index is 12.7. The lowest BCUT2D eigenvalue weighted by Gasteiger charge is -2.22. The molecule has 1 amide bonds. The molecule has 7 heteroatoms. The lowest BCUT2D eigenvalue weighted by molar-refractivity contribution is -0.121. The van der Waals surface area contributed by atoms with E-state index in [-0.39, 0.29) is 12.5 Å². The van der Waals surface area contributed by atoms with Crippen LogP contribution in [0.5, 0.6) is 0 Å². The first-order valence-electron chi connectivity index (χ1n) is 8.32. The molecule has 1 aromatic heterocycles. The third-order valence-electron chi connectivity index (χ3n) is 4.06. The number of anilines is 1. The normalized spacial score (nSPS) is 16.5. The van der Waals surface area contributed by atoms with Gasteiger partial charge < -0.3 is 9.64 Å². The average Bonchev–Trinajstić information content (AvgIpc) is 2.84. The van der Waals surface area contributed by atoms with Gasteiger partial charge in [0.05, 0.1) is 11.3 Å². The van der Waals surface area contributed by atoms with E-state index in [4.69, 9.17) is 4.74 Å². The summed E-state index contributed by atoms with van der Waals surface area (Å²) >= 11 is 3.14. The Kier molecular flexibility index (Phi) is 6.21. The summed E-state index contributed by atoms with van der Waals surface area (Å²) in [6.45, 7) is 2.49. The molecule has 0 spiro atoms. The van der Waals surface area contributed by atoms with Gasteiger partial charge in [-0.2, -0.15) is 0 Å². The minimum atomic E-state index is -0.526. The number of carbonyl (C=O) groups is 2. The van der Waals surface area contributed by atoms with Crippen LogP contribution < -0.4 is 4.90 Å². The van der Waals surface area contributed by atoms with Crippen molar-refractivity contribution in [3.63, 3.8) is 0 Å². The van der Waals surface area contributed by atoms with Gasteiger partial charge in [-0.1, -0.05) is 19.1 Å². The Morgan fingerprint density at radius 3 is 2.92 bits per heavy atom. The van der Waals surface area contributed by atoms with E-state index in [1.54, 1.807) is 35.0 Å². The van der Waals surface area contributed by atoms with Gasteiger partial charge in [-0.05, 0) is 36.9 Å². The molecule has 2 aromatic rings. The number of aromatic nitrogens is 1. The number of thioether (sulfide) groups is 2. The van der Waals surface area contributed by atoms with Crippen LogP contribution in [0.4, 0.5) is 5.69 Å². The summed E-state index contributed by atoms with van der Waals surface area (Å²) in [5.74, 6) is -0.739. The zero-order chi connectivity index (χ0) is 18.5. The monoisotopic (exact) mass is 388 g/mol. The number of ether oxygens (including phenoxy) is 1. The van der Waals surface area contributed by atoms with Crippen molar-refractivity contribution in [3.8, 4) is 0 Å². The molecule has 0 radical (unpaired) electrons. The molecule has 0 unspecified atom stereocenters. The molecule has 1 aliphatic heterocycles. The van der Waals surface area contributed by atoms with E-state index in [0.29, 0.717) is 22.4 Å². The Hall–Kier alpha value is -1.99. The molecule has 3 rings (SSSR count). The number of pyridine rings is 1. The fourth-order valence-corrected chi connectivity index (χ4v) is 4.39. The summed E-state index contributed by atoms with van der Waals surface area (Å²) < 4.78 is 5.28. The SMILES string of the molecule is CSc1ncccc1C(=O)OCC(=O)N1CC[C@H](C)Sc2ccccc21. The van der Waals surface area contributed by atoms with Crippen LogP contribution in [0, 0.1) is 0 Å². The fourth-order valence-electron chi connectivity index (χ4n) is 2.74. The van der Waals surface area contributed by atoms with E-state index in [9.17, 15) is 9.59 Å². The Bertz CT molecular complexity index is 813. The Morgan fingerprint density at radius 1 is 1.31 bits per heavy atom. The van der Waals surface area contributed by atoms with Crippen LogP contribution in [0.25, 0.3) is 0 Å². The van der Waals surface area contributed by atoms with E-state index < -0.39 is 5.97 Å². The highest BCUT2D eigenvalue weighted by Crippen LogP contribution is 2.37. The van der Waals surface area contributed by atoms with Crippen molar-refractivity contribution in [1.82, 2.24) is 4.98 Å². The van der Waals surface area contributed by atoms with Crippen molar-refractivity contribution in [3.05, 3.63) is 48.2 Å². The second-order valence-electron chi connectivity index (χ2n) is 5.87. The smallest absolute Gasteiger partial charge is 0.341 e. The maximum Gasteiger partial charge on any atom is 0.341 e. The van der Waals surface area contributed by atoms with Crippen molar-refractivity contribution in [2.24, 2.45) is 0 Å². The zero-order valence-corrected chi connectivity index (χ0v) is 16.3. The lowest BCUT2D eigenvalue weighted by atomic mass is 10.2. The second-order valence-corrected chi connectivity index (χ2v) is 8.14. The topological polar surface area (TPSA) is 59.5 Å². The van der Waals surface area contributed by atoms with Crippen molar-refractivity contribution in [2.75, 3.05) is 24.3 Å². The van der Waals surface area contributed by atoms with Gasteiger partial charge in [0.15, 0.2) is 6.61 Å². The molecule has 0 bridgehead atoms. The van der Waals surface area contributed by atoms with Crippen LogP contribution >= 0.6 is 23.5 Å². The molecule has 2 heterocycles. The van der Waals surface area contributed by atoms with Crippen LogP contribution in [0.1, 0.15) is 23.7 Å². The summed E-state index contributed by atoms with van der Waals surface area (Å²) in [5.41, 5.74) is 1.27. The number of rotatable bonds is 4. The number of nitrogens with zero attached hydrogens (tertiary/aromatic N) is 2. The highest BCUT2D eigenvalue weighted by Gasteiger charge is 2.25. The van der Waals surface area contributed by atoms with E-state index >= 15 is 0 Å². The Balaban J connectivity index is 1.71. The Labute approximate surface area is 161 Å². The largest absolute Gasteiger partial charge is 0.452 e. The van der Waals surface area contributed by atoms with Crippen LogP contribution in [0.3, 0.4) is 0 Å². The number of esters is 1. The summed E-state index contributed by atoms with van der Waals surface area (Å²) in [5, 5.41) is 1.02. The molecule has 1 aromatic carbocycles. The van der Waals surface area contributed by atoms with Crippen molar-refractivity contribution in [2.45, 2.75) is 28.5 Å². The van der Waals surface area contributed by atoms with Gasteiger partial charge >= 0.3 is 5.97 Å². The predicted octanol–water partition coefficient (Wildman–Crippen LogP) is 3.88. The van der Waals surface area contributed by atoms with E-state index in [0.717, 1.165) is 17.0 Å². The number of hydrogen-bond donors (Lipinski definition) is 0. The number of hydrogen-bond acceptors (Lipinski definition) is 6. The first-order valence-corrected chi connectivity index (χ1v) is 10.4. The van der Waals surface area contributed by atoms with Crippen molar-refractivity contribution < 1.29 is 14.3 Å². The van der Waals surface area contributed by atoms with Crippen molar-refractivity contribution in [1.29, 1.82) is 0 Å². The minimum absolute atomic E-state index is 0.213. The first kappa shape index (κ1) is 18.8. The molecule has 0 saturated heterocycles. The van der Waals surface area contributed by atoms with E-state index in [1.807, 2.05) is 30.5 Å². The molecular weight excluding hydrogens is 368 g/mol. The minimum Gasteiger partial charge on any atom is -0.452 e. The van der Waals surface area contributed by atoms with Gasteiger partial charge in [-0.15, -0.1) is 23.5 Å². The molecule has 0 N–H and O–H groups in total. The second kappa shape index (κ2) is 8.60. The number of fused-ring (bicyclic) bond motifs is 1. The summed E-state index contributed by atoms with van der Waals surface area (Å²) in [7, 11) is 0. The summed E-state index contributed by atoms with van der Waals surface area (Å²) in [6, 6.07) is 11.2. The predicted molar refractivity (Wildman–Crippen MR) is 105 cm³/mol. The number of benzene rings is 1. The first-order chi connectivity index (χ1) is 12.6. The fraction of sp³-hybridized carbons (Fsp3) is 0.316. The molecule has 26 heavy (non-hydrogen) atoms. The standard InChI is InChI=1S/C19H20N2O3S2/c1-13-9-11-21(15-7-3-4-8-16(15)26-13)17(22)12-24-19(23)14-6-5-10-20-18(14)25-2/h3-8,10,13H,9,11-12H2,1-2H3/t13-/m0/s1. The van der Waals surface area contributed by atoms with Crippen LogP contribution in [-0.2, 0) is 9.53 Å². The zero-order valence-electron chi connectivity index (χ0n) is 14.7. The molecule has 1 atom stereocenters. The summed E-state index contributed by atoms with van der Waals surface area (Å²) in [6.07, 6.45) is 4.36. The molecule has 5 nitrogen and oxygen atoms in total. The lowest BCUT2D eigenvalue weighted by Crippen LogP contribution is -2.35. The molecule has 136 valence electrons. The number of amides is 1. The molecule has 0 saturated carbocycles. The van der Waals surface area contributed by atoms with Crippen molar-refractivity contribution >= 4 is 41.1 Å². The van der Waals surface area contributed by atoms with Gasteiger partial charge in [0.1, 0.15) is 5.03 Å². The maximum atomic E-state index is 12.7. The number of para-hydroxylation sites is 1. The van der Waals surface area contributed by atoms with Crippen LogP contribution in [-0.4, -0.2) is 41.5 Å². The third-order valence-corrected chi connectivity index (χ3v) is 6.00. The van der Waals surface area contributed by atoms with E-state index in [2.05, 4.69) is 11.9 Å². The van der Waals surface area contributed by atoms with Gasteiger partial charge in [0.25, 0.3) is 5.91 Å². The molecule has 1 aliphatic rings. The molecule has 0 aliphatic carbocycles. The molecular formula is C19H20N2O3S2. The highest BCUT2D eigenvalue weighted by atomic mass is 32.2. The third kappa shape index (κ3) is 4.22. The van der Waals surface area contributed by atoms with Gasteiger partial charge in [-0.25, -0.2) is 9.78 Å². The van der Waals surface area contributed by atoms with E-state index in [1.165, 1.54) is 11.8 Å². The number of carbonyl (C=O) groups excluding carboxylic acids is 2. The van der Waals surface area contributed by atoms with Crippen LogP contribution in [0.2, 0.25) is 0 Å². The molecule has 0 fully saturated rings. The quantitative estimate of drug-likeness (QED) is 0.585. The average molecular weight is 389 g/mol. The van der Waals surface area contributed by atoms with Gasteiger partial charge in [0.2, 0.25) is 0 Å².